The second-order valence-corrected chi connectivity index (χ2v) is 5.08. The molecule has 2 rings (SSSR count). The zero-order chi connectivity index (χ0) is 14.5. The molecule has 0 saturated heterocycles. The zero-order valence-corrected chi connectivity index (χ0v) is 12.5. The lowest BCUT2D eigenvalue weighted by Gasteiger charge is -2.12. The molecule has 0 bridgehead atoms. The van der Waals surface area contributed by atoms with Crippen LogP contribution < -0.4 is 10.1 Å². The fourth-order valence-electron chi connectivity index (χ4n) is 1.98. The van der Waals surface area contributed by atoms with Crippen molar-refractivity contribution in [2.45, 2.75) is 39.5 Å². The summed E-state index contributed by atoms with van der Waals surface area (Å²) in [6.45, 7) is 6.71. The molecule has 1 N–H and O–H groups in total. The quantitative estimate of drug-likeness (QED) is 0.880. The topological polar surface area (TPSA) is 52.0 Å². The van der Waals surface area contributed by atoms with Gasteiger partial charge in [0.1, 0.15) is 18.7 Å². The van der Waals surface area contributed by atoms with Gasteiger partial charge in [0.2, 0.25) is 0 Å². The van der Waals surface area contributed by atoms with E-state index >= 15 is 0 Å². The number of ether oxygens (including phenoxy) is 1. The van der Waals surface area contributed by atoms with Crippen molar-refractivity contribution in [1.29, 1.82) is 0 Å². The summed E-state index contributed by atoms with van der Waals surface area (Å²) in [6.07, 6.45) is 1.57. The number of hydrogen-bond acceptors (Lipinski definition) is 4. The standard InChI is InChI=1S/C15H22N4O/c1-11(2)19-15(17-10-18-19)9-20-14-7-5-13(6-8-14)12(3)16-4/h5-8,10-12,16H,9H2,1-4H3. The highest BCUT2D eigenvalue weighted by molar-refractivity contribution is 5.28. The minimum absolute atomic E-state index is 0.287. The third-order valence-corrected chi connectivity index (χ3v) is 3.32. The summed E-state index contributed by atoms with van der Waals surface area (Å²) in [5.41, 5.74) is 1.24. The van der Waals surface area contributed by atoms with Crippen molar-refractivity contribution in [3.05, 3.63) is 42.0 Å². The van der Waals surface area contributed by atoms with Crippen molar-refractivity contribution < 1.29 is 4.74 Å². The van der Waals surface area contributed by atoms with Crippen LogP contribution in [0.5, 0.6) is 5.75 Å². The molecule has 1 aromatic carbocycles. The Morgan fingerprint density at radius 2 is 1.90 bits per heavy atom. The molecule has 5 heteroatoms. The van der Waals surface area contributed by atoms with Crippen molar-refractivity contribution >= 4 is 0 Å². The van der Waals surface area contributed by atoms with Gasteiger partial charge in [-0.3, -0.25) is 0 Å². The van der Waals surface area contributed by atoms with E-state index in [1.807, 2.05) is 23.9 Å². The molecule has 108 valence electrons. The minimum Gasteiger partial charge on any atom is -0.486 e. The van der Waals surface area contributed by atoms with Crippen molar-refractivity contribution in [3.8, 4) is 5.75 Å². The maximum Gasteiger partial charge on any atom is 0.165 e. The third-order valence-electron chi connectivity index (χ3n) is 3.32. The first kappa shape index (κ1) is 14.5. The fraction of sp³-hybridized carbons (Fsp3) is 0.467. The molecule has 0 fully saturated rings. The number of nitrogens with one attached hydrogen (secondary N) is 1. The highest BCUT2D eigenvalue weighted by Gasteiger charge is 2.08. The Morgan fingerprint density at radius 3 is 2.50 bits per heavy atom. The third kappa shape index (κ3) is 3.36. The second kappa shape index (κ2) is 6.52. The van der Waals surface area contributed by atoms with Crippen LogP contribution in [0.4, 0.5) is 0 Å². The smallest absolute Gasteiger partial charge is 0.165 e. The van der Waals surface area contributed by atoms with Gasteiger partial charge in [-0.05, 0) is 45.5 Å². The Labute approximate surface area is 120 Å². The van der Waals surface area contributed by atoms with E-state index in [0.717, 1.165) is 11.6 Å². The molecular formula is C15H22N4O. The van der Waals surface area contributed by atoms with Gasteiger partial charge in [-0.1, -0.05) is 12.1 Å². The van der Waals surface area contributed by atoms with E-state index in [2.05, 4.69) is 48.3 Å². The molecule has 2 aromatic rings. The van der Waals surface area contributed by atoms with Crippen LogP contribution >= 0.6 is 0 Å². The molecule has 5 nitrogen and oxygen atoms in total. The Balaban J connectivity index is 1.99. The number of rotatable bonds is 6. The molecule has 0 amide bonds. The van der Waals surface area contributed by atoms with Gasteiger partial charge in [-0.2, -0.15) is 5.10 Å². The van der Waals surface area contributed by atoms with Crippen molar-refractivity contribution in [2.75, 3.05) is 7.05 Å². The fourth-order valence-corrected chi connectivity index (χ4v) is 1.98. The van der Waals surface area contributed by atoms with Crippen LogP contribution in [0.25, 0.3) is 0 Å². The van der Waals surface area contributed by atoms with E-state index in [0.29, 0.717) is 12.6 Å². The summed E-state index contributed by atoms with van der Waals surface area (Å²) in [6, 6.07) is 8.74. The lowest BCUT2D eigenvalue weighted by atomic mass is 10.1. The molecule has 20 heavy (non-hydrogen) atoms. The lowest BCUT2D eigenvalue weighted by Crippen LogP contribution is -2.12. The Kier molecular flexibility index (Phi) is 4.74. The van der Waals surface area contributed by atoms with Gasteiger partial charge in [-0.25, -0.2) is 9.67 Å². The number of aromatic nitrogens is 3. The van der Waals surface area contributed by atoms with Crippen molar-refractivity contribution in [1.82, 2.24) is 20.1 Å². The van der Waals surface area contributed by atoms with Crippen LogP contribution in [0.15, 0.2) is 30.6 Å². The Hall–Kier alpha value is -1.88. The molecule has 1 unspecified atom stereocenters. The van der Waals surface area contributed by atoms with Gasteiger partial charge in [-0.15, -0.1) is 0 Å². The molecule has 0 aliphatic carbocycles. The van der Waals surface area contributed by atoms with Crippen LogP contribution in [0.1, 0.15) is 44.2 Å². The van der Waals surface area contributed by atoms with Gasteiger partial charge >= 0.3 is 0 Å². The van der Waals surface area contributed by atoms with E-state index in [9.17, 15) is 0 Å². The van der Waals surface area contributed by atoms with Crippen LogP contribution in [0.2, 0.25) is 0 Å². The molecule has 1 aromatic heterocycles. The van der Waals surface area contributed by atoms with Gasteiger partial charge in [0.05, 0.1) is 0 Å². The predicted molar refractivity (Wildman–Crippen MR) is 78.7 cm³/mol. The van der Waals surface area contributed by atoms with Gasteiger partial charge < -0.3 is 10.1 Å². The summed E-state index contributed by atoms with van der Waals surface area (Å²) >= 11 is 0. The largest absolute Gasteiger partial charge is 0.486 e. The summed E-state index contributed by atoms with van der Waals surface area (Å²) in [7, 11) is 1.95. The average Bonchev–Trinajstić information content (AvgIpc) is 2.93. The Morgan fingerprint density at radius 1 is 1.20 bits per heavy atom. The first-order chi connectivity index (χ1) is 9.61. The minimum atomic E-state index is 0.287. The first-order valence-corrected chi connectivity index (χ1v) is 6.90. The summed E-state index contributed by atoms with van der Waals surface area (Å²) in [5, 5.41) is 7.41. The summed E-state index contributed by atoms with van der Waals surface area (Å²) in [4.78, 5) is 4.23. The Bertz CT molecular complexity index is 533. The van der Waals surface area contributed by atoms with Crippen LogP contribution in [-0.2, 0) is 6.61 Å². The molecule has 1 atom stereocenters. The van der Waals surface area contributed by atoms with E-state index < -0.39 is 0 Å². The predicted octanol–water partition coefficient (Wildman–Crippen LogP) is 2.72. The first-order valence-electron chi connectivity index (χ1n) is 6.90. The van der Waals surface area contributed by atoms with Gasteiger partial charge in [0.25, 0.3) is 0 Å². The van der Waals surface area contributed by atoms with Gasteiger partial charge in [0.15, 0.2) is 5.82 Å². The molecular weight excluding hydrogens is 252 g/mol. The SMILES string of the molecule is CNC(C)c1ccc(OCc2ncnn2C(C)C)cc1. The molecule has 0 radical (unpaired) electrons. The monoisotopic (exact) mass is 274 g/mol. The number of nitrogens with zero attached hydrogens (tertiary/aromatic N) is 3. The highest BCUT2D eigenvalue weighted by atomic mass is 16.5. The van der Waals surface area contributed by atoms with Crippen LogP contribution in [0, 0.1) is 0 Å². The normalized spacial score (nSPS) is 12.7. The highest BCUT2D eigenvalue weighted by Crippen LogP contribution is 2.18. The van der Waals surface area contributed by atoms with E-state index in [1.54, 1.807) is 6.33 Å². The van der Waals surface area contributed by atoms with E-state index in [1.165, 1.54) is 5.56 Å². The van der Waals surface area contributed by atoms with E-state index in [-0.39, 0.29) is 6.04 Å². The molecule has 1 heterocycles. The van der Waals surface area contributed by atoms with E-state index in [4.69, 9.17) is 4.74 Å². The van der Waals surface area contributed by atoms with Crippen LogP contribution in [-0.4, -0.2) is 21.8 Å². The maximum atomic E-state index is 5.77. The lowest BCUT2D eigenvalue weighted by molar-refractivity contribution is 0.282. The molecule has 0 aliphatic rings. The van der Waals surface area contributed by atoms with Crippen LogP contribution in [0.3, 0.4) is 0 Å². The summed E-state index contributed by atoms with van der Waals surface area (Å²) < 4.78 is 7.64. The van der Waals surface area contributed by atoms with Crippen molar-refractivity contribution in [2.24, 2.45) is 0 Å². The molecule has 0 saturated carbocycles. The molecule has 0 aliphatic heterocycles. The second-order valence-electron chi connectivity index (χ2n) is 5.08. The molecule has 0 spiro atoms. The maximum absolute atomic E-state index is 5.77. The zero-order valence-electron chi connectivity index (χ0n) is 12.5. The number of hydrogen-bond donors (Lipinski definition) is 1. The average molecular weight is 274 g/mol. The summed E-state index contributed by atoms with van der Waals surface area (Å²) in [5.74, 6) is 1.68. The van der Waals surface area contributed by atoms with Gasteiger partial charge in [0, 0.05) is 12.1 Å². The van der Waals surface area contributed by atoms with Crippen molar-refractivity contribution in [3.63, 3.8) is 0 Å². The number of benzene rings is 1.